The van der Waals surface area contributed by atoms with Gasteiger partial charge in [-0.15, -0.1) is 11.3 Å². The Hall–Kier alpha value is -2.63. The minimum atomic E-state index is -0.998. The molecular formula is C22H18ClNO3S. The average Bonchev–Trinajstić information content (AvgIpc) is 3.06. The molecule has 0 saturated carbocycles. The third-order valence-electron chi connectivity index (χ3n) is 5.08. The minimum absolute atomic E-state index is 0.230. The molecule has 2 aromatic carbocycles. The number of amides is 1. The quantitative estimate of drug-likeness (QED) is 0.585. The van der Waals surface area contributed by atoms with Crippen molar-refractivity contribution in [3.05, 3.63) is 86.8 Å². The van der Waals surface area contributed by atoms with E-state index >= 15 is 0 Å². The van der Waals surface area contributed by atoms with Gasteiger partial charge < -0.3 is 10.4 Å². The maximum Gasteiger partial charge on any atom is 0.339 e. The van der Waals surface area contributed by atoms with Gasteiger partial charge in [0, 0.05) is 15.5 Å². The minimum Gasteiger partial charge on any atom is -0.478 e. The molecule has 6 heteroatoms. The van der Waals surface area contributed by atoms with Crippen molar-refractivity contribution in [2.45, 2.75) is 25.2 Å². The van der Waals surface area contributed by atoms with Gasteiger partial charge in [-0.1, -0.05) is 41.9 Å². The summed E-state index contributed by atoms with van der Waals surface area (Å²) in [4.78, 5) is 25.5. The van der Waals surface area contributed by atoms with Crippen LogP contribution in [0.4, 0.5) is 5.00 Å². The molecule has 0 spiro atoms. The molecule has 1 atom stereocenters. The summed E-state index contributed by atoms with van der Waals surface area (Å²) in [7, 11) is 0. The zero-order chi connectivity index (χ0) is 19.7. The summed E-state index contributed by atoms with van der Waals surface area (Å²) in [5.74, 6) is -0.965. The number of carbonyl (C=O) groups excluding carboxylic acids is 1. The number of nitrogens with one attached hydrogen (secondary N) is 1. The second kappa shape index (κ2) is 7.78. The first-order valence-corrected chi connectivity index (χ1v) is 10.2. The zero-order valence-corrected chi connectivity index (χ0v) is 16.5. The van der Waals surface area contributed by atoms with Crippen LogP contribution in [0.3, 0.4) is 0 Å². The Morgan fingerprint density at radius 2 is 1.79 bits per heavy atom. The van der Waals surface area contributed by atoms with Crippen LogP contribution in [0.2, 0.25) is 5.02 Å². The standard InChI is InChI=1S/C22H18ClNO3S/c23-16-9-6-14(7-10-16)20(25)24-21-19(22(26)27)17-11-8-15(12-18(17)28-21)13-4-2-1-3-5-13/h1-7,9-10,15H,8,11-12H2,(H,24,25)(H,26,27)/t15-/m0/s1. The van der Waals surface area contributed by atoms with Gasteiger partial charge >= 0.3 is 5.97 Å². The van der Waals surface area contributed by atoms with Crippen molar-refractivity contribution < 1.29 is 14.7 Å². The van der Waals surface area contributed by atoms with Crippen LogP contribution in [0.25, 0.3) is 0 Å². The van der Waals surface area contributed by atoms with Crippen LogP contribution in [0.1, 0.15) is 49.1 Å². The van der Waals surface area contributed by atoms with Gasteiger partial charge in [-0.2, -0.15) is 0 Å². The predicted molar refractivity (Wildman–Crippen MR) is 112 cm³/mol. The Kier molecular flexibility index (Phi) is 5.20. The van der Waals surface area contributed by atoms with Crippen LogP contribution in [-0.4, -0.2) is 17.0 Å². The second-order valence-electron chi connectivity index (χ2n) is 6.82. The lowest BCUT2D eigenvalue weighted by Gasteiger charge is -2.22. The number of hydrogen-bond donors (Lipinski definition) is 2. The van der Waals surface area contributed by atoms with E-state index in [2.05, 4.69) is 17.4 Å². The molecule has 0 aliphatic heterocycles. The molecule has 2 N–H and O–H groups in total. The third-order valence-corrected chi connectivity index (χ3v) is 6.51. The number of carboxylic acid groups (broad SMARTS) is 1. The SMILES string of the molecule is O=C(Nc1sc2c(c1C(=O)O)CC[C@H](c1ccccc1)C2)c1ccc(Cl)cc1. The monoisotopic (exact) mass is 411 g/mol. The summed E-state index contributed by atoms with van der Waals surface area (Å²) in [6.07, 6.45) is 2.39. The lowest BCUT2D eigenvalue weighted by atomic mass is 9.83. The molecule has 0 fully saturated rings. The Morgan fingerprint density at radius 1 is 1.07 bits per heavy atom. The maximum absolute atomic E-state index is 12.6. The summed E-state index contributed by atoms with van der Waals surface area (Å²) < 4.78 is 0. The molecule has 0 bridgehead atoms. The first kappa shape index (κ1) is 18.7. The Balaban J connectivity index is 1.62. The average molecular weight is 412 g/mol. The third kappa shape index (κ3) is 3.68. The fraction of sp³-hybridized carbons (Fsp3) is 0.182. The van der Waals surface area contributed by atoms with Gasteiger partial charge in [0.25, 0.3) is 5.91 Å². The largest absolute Gasteiger partial charge is 0.478 e. The van der Waals surface area contributed by atoms with Gasteiger partial charge in [0.05, 0.1) is 5.56 Å². The molecule has 1 aliphatic rings. The number of halogens is 1. The van der Waals surface area contributed by atoms with Crippen LogP contribution in [0.5, 0.6) is 0 Å². The van der Waals surface area contributed by atoms with Gasteiger partial charge in [-0.05, 0) is 60.6 Å². The van der Waals surface area contributed by atoms with Crippen LogP contribution in [0.15, 0.2) is 54.6 Å². The first-order chi connectivity index (χ1) is 13.5. The molecule has 4 rings (SSSR count). The first-order valence-electron chi connectivity index (χ1n) is 9.02. The summed E-state index contributed by atoms with van der Waals surface area (Å²) in [6.45, 7) is 0. The van der Waals surface area contributed by atoms with E-state index in [0.717, 1.165) is 23.3 Å². The number of thiophene rings is 1. The van der Waals surface area contributed by atoms with E-state index in [9.17, 15) is 14.7 Å². The van der Waals surface area contributed by atoms with E-state index in [1.807, 2.05) is 18.2 Å². The molecule has 0 radical (unpaired) electrons. The van der Waals surface area contributed by atoms with Crippen molar-refractivity contribution in [3.63, 3.8) is 0 Å². The van der Waals surface area contributed by atoms with E-state index in [1.165, 1.54) is 16.9 Å². The highest BCUT2D eigenvalue weighted by molar-refractivity contribution is 7.17. The number of hydrogen-bond acceptors (Lipinski definition) is 3. The lowest BCUT2D eigenvalue weighted by Crippen LogP contribution is -2.15. The van der Waals surface area contributed by atoms with Gasteiger partial charge in [0.15, 0.2) is 0 Å². The van der Waals surface area contributed by atoms with Crippen LogP contribution >= 0.6 is 22.9 Å². The Labute approximate surface area is 171 Å². The van der Waals surface area contributed by atoms with Crippen molar-refractivity contribution in [3.8, 4) is 0 Å². The highest BCUT2D eigenvalue weighted by Crippen LogP contribution is 2.42. The molecule has 1 aliphatic carbocycles. The molecule has 142 valence electrons. The second-order valence-corrected chi connectivity index (χ2v) is 8.37. The summed E-state index contributed by atoms with van der Waals surface area (Å²) in [5, 5.41) is 13.5. The summed E-state index contributed by atoms with van der Waals surface area (Å²) >= 11 is 7.24. The highest BCUT2D eigenvalue weighted by atomic mass is 35.5. The van der Waals surface area contributed by atoms with Crippen LogP contribution in [0, 0.1) is 0 Å². The normalized spacial score (nSPS) is 15.7. The van der Waals surface area contributed by atoms with Crippen LogP contribution in [-0.2, 0) is 12.8 Å². The Bertz CT molecular complexity index is 1030. The zero-order valence-electron chi connectivity index (χ0n) is 14.9. The van der Waals surface area contributed by atoms with Gasteiger partial charge in [0.2, 0.25) is 0 Å². The van der Waals surface area contributed by atoms with E-state index in [-0.39, 0.29) is 11.5 Å². The summed E-state index contributed by atoms with van der Waals surface area (Å²) in [6, 6.07) is 16.8. The fourth-order valence-electron chi connectivity index (χ4n) is 3.69. The molecule has 0 unspecified atom stereocenters. The summed E-state index contributed by atoms with van der Waals surface area (Å²) in [5.41, 5.74) is 2.80. The molecular weight excluding hydrogens is 394 g/mol. The van der Waals surface area contributed by atoms with Crippen molar-refractivity contribution >= 4 is 39.8 Å². The molecule has 28 heavy (non-hydrogen) atoms. The van der Waals surface area contributed by atoms with Crippen molar-refractivity contribution in [2.24, 2.45) is 0 Å². The molecule has 1 aromatic heterocycles. The lowest BCUT2D eigenvalue weighted by molar-refractivity contribution is 0.0697. The number of fused-ring (bicyclic) bond motifs is 1. The van der Waals surface area contributed by atoms with Gasteiger partial charge in [-0.3, -0.25) is 4.79 Å². The number of anilines is 1. The number of carbonyl (C=O) groups is 2. The van der Waals surface area contributed by atoms with Crippen LogP contribution < -0.4 is 5.32 Å². The van der Waals surface area contributed by atoms with E-state index in [0.29, 0.717) is 27.9 Å². The number of rotatable bonds is 4. The fourth-order valence-corrected chi connectivity index (χ4v) is 5.13. The van der Waals surface area contributed by atoms with Gasteiger partial charge in [-0.25, -0.2) is 4.79 Å². The van der Waals surface area contributed by atoms with E-state index in [4.69, 9.17) is 11.6 Å². The maximum atomic E-state index is 12.6. The number of carboxylic acids is 1. The number of aromatic carboxylic acids is 1. The van der Waals surface area contributed by atoms with E-state index in [1.54, 1.807) is 24.3 Å². The molecule has 0 saturated heterocycles. The smallest absolute Gasteiger partial charge is 0.339 e. The molecule has 1 amide bonds. The molecule has 3 aromatic rings. The predicted octanol–water partition coefficient (Wildman–Crippen LogP) is 5.62. The number of benzene rings is 2. The Morgan fingerprint density at radius 3 is 2.46 bits per heavy atom. The van der Waals surface area contributed by atoms with E-state index < -0.39 is 5.97 Å². The van der Waals surface area contributed by atoms with Crippen molar-refractivity contribution in [2.75, 3.05) is 5.32 Å². The van der Waals surface area contributed by atoms with Crippen molar-refractivity contribution in [1.82, 2.24) is 0 Å². The van der Waals surface area contributed by atoms with Gasteiger partial charge in [0.1, 0.15) is 5.00 Å². The molecule has 4 nitrogen and oxygen atoms in total. The topological polar surface area (TPSA) is 66.4 Å². The molecule has 1 heterocycles. The van der Waals surface area contributed by atoms with Crippen molar-refractivity contribution in [1.29, 1.82) is 0 Å². The highest BCUT2D eigenvalue weighted by Gasteiger charge is 2.30.